The van der Waals surface area contributed by atoms with E-state index in [9.17, 15) is 5.11 Å². The van der Waals surface area contributed by atoms with Crippen molar-refractivity contribution < 1.29 is 5.11 Å². The SMILES string of the molecule is C=CCCC#CC#CCCCCCCCC(O)CN. The van der Waals surface area contributed by atoms with Crippen LogP contribution in [0.25, 0.3) is 0 Å². The van der Waals surface area contributed by atoms with Crippen molar-refractivity contribution in [2.24, 2.45) is 5.73 Å². The van der Waals surface area contributed by atoms with Crippen molar-refractivity contribution in [3.63, 3.8) is 0 Å². The van der Waals surface area contributed by atoms with E-state index < -0.39 is 0 Å². The average molecular weight is 261 g/mol. The molecule has 0 aromatic carbocycles. The Morgan fingerprint density at radius 2 is 1.63 bits per heavy atom. The van der Waals surface area contributed by atoms with Gasteiger partial charge in [0.15, 0.2) is 0 Å². The highest BCUT2D eigenvalue weighted by molar-refractivity contribution is 5.25. The number of hydrogen-bond acceptors (Lipinski definition) is 2. The van der Waals surface area contributed by atoms with Crippen molar-refractivity contribution in [1.82, 2.24) is 0 Å². The molecule has 0 fully saturated rings. The molecule has 2 heteroatoms. The topological polar surface area (TPSA) is 46.2 Å². The van der Waals surface area contributed by atoms with Crippen molar-refractivity contribution in [3.8, 4) is 23.7 Å². The Balaban J connectivity index is 3.28. The van der Waals surface area contributed by atoms with Crippen LogP contribution in [-0.4, -0.2) is 17.8 Å². The van der Waals surface area contributed by atoms with Crippen LogP contribution in [0.4, 0.5) is 0 Å². The molecular formula is C17H27NO. The fraction of sp³-hybridized carbons (Fsp3) is 0.647. The summed E-state index contributed by atoms with van der Waals surface area (Å²) in [6.07, 6.45) is 10.9. The van der Waals surface area contributed by atoms with Gasteiger partial charge in [0.1, 0.15) is 0 Å². The van der Waals surface area contributed by atoms with Gasteiger partial charge in [0.05, 0.1) is 6.10 Å². The molecule has 1 unspecified atom stereocenters. The Hall–Kier alpha value is -1.22. The highest BCUT2D eigenvalue weighted by atomic mass is 16.3. The molecular weight excluding hydrogens is 234 g/mol. The van der Waals surface area contributed by atoms with E-state index in [2.05, 4.69) is 30.3 Å². The van der Waals surface area contributed by atoms with Gasteiger partial charge in [0.25, 0.3) is 0 Å². The zero-order valence-electron chi connectivity index (χ0n) is 12.0. The number of hydrogen-bond donors (Lipinski definition) is 2. The largest absolute Gasteiger partial charge is 0.392 e. The van der Waals surface area contributed by atoms with Gasteiger partial charge in [-0.05, 0) is 31.1 Å². The fourth-order valence-corrected chi connectivity index (χ4v) is 1.63. The summed E-state index contributed by atoms with van der Waals surface area (Å²) in [5, 5.41) is 9.27. The Kier molecular flexibility index (Phi) is 13.9. The summed E-state index contributed by atoms with van der Waals surface area (Å²) in [4.78, 5) is 0. The van der Waals surface area contributed by atoms with Gasteiger partial charge in [0, 0.05) is 19.4 Å². The number of nitrogens with two attached hydrogens (primary N) is 1. The first-order chi connectivity index (χ1) is 9.31. The molecule has 19 heavy (non-hydrogen) atoms. The maximum Gasteiger partial charge on any atom is 0.0662 e. The molecule has 2 nitrogen and oxygen atoms in total. The van der Waals surface area contributed by atoms with Crippen LogP contribution in [0, 0.1) is 23.7 Å². The Morgan fingerprint density at radius 1 is 1.00 bits per heavy atom. The molecule has 3 N–H and O–H groups in total. The quantitative estimate of drug-likeness (QED) is 0.361. The maximum atomic E-state index is 9.27. The summed E-state index contributed by atoms with van der Waals surface area (Å²) in [7, 11) is 0. The predicted molar refractivity (Wildman–Crippen MR) is 82.4 cm³/mol. The number of unbranched alkanes of at least 4 members (excludes halogenated alkanes) is 6. The lowest BCUT2D eigenvalue weighted by Gasteiger charge is -2.06. The van der Waals surface area contributed by atoms with Crippen LogP contribution < -0.4 is 5.73 Å². The minimum absolute atomic E-state index is 0.314. The van der Waals surface area contributed by atoms with Crippen molar-refractivity contribution in [1.29, 1.82) is 0 Å². The molecule has 0 saturated carbocycles. The standard InChI is InChI=1S/C17H27NO/c1-2-3-4-5-6-7-8-9-10-11-12-13-14-15-17(19)16-18/h2,17,19H,1,3-4,9-16,18H2. The third kappa shape index (κ3) is 14.7. The molecule has 1 atom stereocenters. The number of aliphatic hydroxyl groups is 1. The minimum atomic E-state index is -0.314. The average Bonchev–Trinajstić information content (AvgIpc) is 2.43. The normalized spacial score (nSPS) is 10.8. The predicted octanol–water partition coefficient (Wildman–Crippen LogP) is 3.01. The molecule has 0 radical (unpaired) electrons. The van der Waals surface area contributed by atoms with Gasteiger partial charge in [-0.3, -0.25) is 0 Å². The lowest BCUT2D eigenvalue weighted by Crippen LogP contribution is -2.19. The van der Waals surface area contributed by atoms with E-state index in [1.807, 2.05) is 6.08 Å². The van der Waals surface area contributed by atoms with Crippen LogP contribution in [0.15, 0.2) is 12.7 Å². The van der Waals surface area contributed by atoms with Crippen molar-refractivity contribution >= 4 is 0 Å². The van der Waals surface area contributed by atoms with Crippen LogP contribution in [-0.2, 0) is 0 Å². The van der Waals surface area contributed by atoms with Crippen LogP contribution >= 0.6 is 0 Å². The molecule has 0 bridgehead atoms. The lowest BCUT2D eigenvalue weighted by molar-refractivity contribution is 0.168. The van der Waals surface area contributed by atoms with E-state index in [0.717, 1.165) is 38.5 Å². The van der Waals surface area contributed by atoms with Crippen molar-refractivity contribution in [2.75, 3.05) is 6.54 Å². The first kappa shape index (κ1) is 17.8. The van der Waals surface area contributed by atoms with Crippen LogP contribution in [0.2, 0.25) is 0 Å². The highest BCUT2D eigenvalue weighted by Gasteiger charge is 1.99. The van der Waals surface area contributed by atoms with Crippen LogP contribution in [0.5, 0.6) is 0 Å². The summed E-state index contributed by atoms with van der Waals surface area (Å²) < 4.78 is 0. The van der Waals surface area contributed by atoms with Gasteiger partial charge >= 0.3 is 0 Å². The molecule has 0 rings (SSSR count). The van der Waals surface area contributed by atoms with E-state index in [1.165, 1.54) is 19.3 Å². The zero-order chi connectivity index (χ0) is 14.2. The summed E-state index contributed by atoms with van der Waals surface area (Å²) in [5.41, 5.74) is 5.34. The fourth-order valence-electron chi connectivity index (χ4n) is 1.63. The second-order valence-electron chi connectivity index (χ2n) is 4.63. The molecule has 0 aliphatic heterocycles. The molecule has 0 saturated heterocycles. The maximum absolute atomic E-state index is 9.27. The zero-order valence-corrected chi connectivity index (χ0v) is 12.0. The molecule has 0 amide bonds. The summed E-state index contributed by atoms with van der Waals surface area (Å²) >= 11 is 0. The van der Waals surface area contributed by atoms with Gasteiger partial charge < -0.3 is 10.8 Å². The smallest absolute Gasteiger partial charge is 0.0662 e. The second-order valence-corrected chi connectivity index (χ2v) is 4.63. The van der Waals surface area contributed by atoms with Gasteiger partial charge in [-0.1, -0.05) is 43.6 Å². The minimum Gasteiger partial charge on any atom is -0.392 e. The van der Waals surface area contributed by atoms with Gasteiger partial charge in [-0.25, -0.2) is 0 Å². The first-order valence-electron chi connectivity index (χ1n) is 7.26. The van der Waals surface area contributed by atoms with Gasteiger partial charge in [-0.2, -0.15) is 0 Å². The first-order valence-corrected chi connectivity index (χ1v) is 7.26. The third-order valence-corrected chi connectivity index (χ3v) is 2.82. The molecule has 0 heterocycles. The summed E-state index contributed by atoms with van der Waals surface area (Å²) in [6.45, 7) is 4.02. The van der Waals surface area contributed by atoms with Crippen molar-refractivity contribution in [2.45, 2.75) is 63.9 Å². The lowest BCUT2D eigenvalue weighted by atomic mass is 10.1. The Labute approximate surface area is 118 Å². The third-order valence-electron chi connectivity index (χ3n) is 2.82. The highest BCUT2D eigenvalue weighted by Crippen LogP contribution is 2.08. The molecule has 106 valence electrons. The molecule has 0 aromatic rings. The summed E-state index contributed by atoms with van der Waals surface area (Å²) in [5.74, 6) is 11.8. The van der Waals surface area contributed by atoms with E-state index >= 15 is 0 Å². The summed E-state index contributed by atoms with van der Waals surface area (Å²) in [6, 6.07) is 0. The van der Waals surface area contributed by atoms with E-state index in [1.54, 1.807) is 0 Å². The number of rotatable bonds is 10. The van der Waals surface area contributed by atoms with Crippen LogP contribution in [0.1, 0.15) is 57.8 Å². The molecule has 0 aliphatic carbocycles. The van der Waals surface area contributed by atoms with E-state index in [0.29, 0.717) is 6.54 Å². The monoisotopic (exact) mass is 261 g/mol. The van der Waals surface area contributed by atoms with E-state index in [-0.39, 0.29) is 6.10 Å². The molecule has 0 aliphatic rings. The number of allylic oxidation sites excluding steroid dienone is 1. The van der Waals surface area contributed by atoms with E-state index in [4.69, 9.17) is 5.73 Å². The van der Waals surface area contributed by atoms with Crippen LogP contribution in [0.3, 0.4) is 0 Å². The van der Waals surface area contributed by atoms with Gasteiger partial charge in [-0.15, -0.1) is 6.58 Å². The van der Waals surface area contributed by atoms with Gasteiger partial charge in [0.2, 0.25) is 0 Å². The Bertz CT molecular complexity index is 327. The van der Waals surface area contributed by atoms with Crippen molar-refractivity contribution in [3.05, 3.63) is 12.7 Å². The molecule has 0 aromatic heterocycles. The Morgan fingerprint density at radius 3 is 2.32 bits per heavy atom. The second kappa shape index (κ2) is 14.8. The molecule has 0 spiro atoms. The number of aliphatic hydroxyl groups excluding tert-OH is 1.